The molecule has 3 aromatic heterocycles. The lowest BCUT2D eigenvalue weighted by molar-refractivity contribution is 0.0950. The van der Waals surface area contributed by atoms with Gasteiger partial charge in [-0.1, -0.05) is 0 Å². The Balaban J connectivity index is 1.96. The number of hydrogen-bond donors (Lipinski definition) is 1. The highest BCUT2D eigenvalue weighted by Crippen LogP contribution is 2.20. The molecule has 0 aliphatic rings. The number of amides is 1. The zero-order valence-electron chi connectivity index (χ0n) is 12.2. The molecule has 0 bridgehead atoms. The van der Waals surface area contributed by atoms with Crippen LogP contribution in [0.2, 0.25) is 0 Å². The van der Waals surface area contributed by atoms with Gasteiger partial charge in [-0.05, 0) is 24.6 Å². The van der Waals surface area contributed by atoms with E-state index < -0.39 is 0 Å². The van der Waals surface area contributed by atoms with E-state index in [-0.39, 0.29) is 28.1 Å². The summed E-state index contributed by atoms with van der Waals surface area (Å²) in [5.74, 6) is 0.0104. The van der Waals surface area contributed by atoms with Crippen molar-refractivity contribution >= 4 is 17.0 Å². The van der Waals surface area contributed by atoms with Crippen LogP contribution < -0.4 is 10.9 Å². The minimum atomic E-state index is -0.363. The number of aryl methyl sites for hydroxylation is 2. The zero-order chi connectivity index (χ0) is 15.7. The molecule has 0 aliphatic heterocycles. The van der Waals surface area contributed by atoms with Crippen LogP contribution in [0.4, 0.5) is 0 Å². The van der Waals surface area contributed by atoms with Crippen molar-refractivity contribution in [1.82, 2.24) is 19.9 Å². The van der Waals surface area contributed by atoms with Crippen molar-refractivity contribution in [2.45, 2.75) is 13.5 Å². The van der Waals surface area contributed by atoms with Gasteiger partial charge in [0.15, 0.2) is 0 Å². The van der Waals surface area contributed by atoms with E-state index in [4.69, 9.17) is 4.42 Å². The van der Waals surface area contributed by atoms with Crippen LogP contribution in [0.25, 0.3) is 11.1 Å². The Morgan fingerprint density at radius 1 is 1.36 bits per heavy atom. The molecule has 3 heterocycles. The number of nitrogens with zero attached hydrogens (tertiary/aromatic N) is 3. The predicted octanol–water partition coefficient (Wildman–Crippen LogP) is 1.16. The van der Waals surface area contributed by atoms with E-state index in [0.717, 1.165) is 5.56 Å². The van der Waals surface area contributed by atoms with E-state index in [1.165, 1.54) is 10.9 Å². The molecular formula is C15H14N4O3. The third kappa shape index (κ3) is 2.37. The van der Waals surface area contributed by atoms with E-state index in [1.807, 2.05) is 0 Å². The van der Waals surface area contributed by atoms with E-state index in [1.54, 1.807) is 38.5 Å². The van der Waals surface area contributed by atoms with Crippen LogP contribution >= 0.6 is 0 Å². The molecule has 22 heavy (non-hydrogen) atoms. The molecule has 0 unspecified atom stereocenters. The number of nitrogens with one attached hydrogen (secondary N) is 1. The molecule has 3 rings (SSSR count). The van der Waals surface area contributed by atoms with Crippen molar-refractivity contribution in [1.29, 1.82) is 0 Å². The summed E-state index contributed by atoms with van der Waals surface area (Å²) in [5.41, 5.74) is 1.02. The highest BCUT2D eigenvalue weighted by Gasteiger charge is 2.22. The fourth-order valence-electron chi connectivity index (χ4n) is 2.23. The Bertz CT molecular complexity index is 896. The highest BCUT2D eigenvalue weighted by atomic mass is 16.3. The lowest BCUT2D eigenvalue weighted by Gasteiger charge is -2.04. The van der Waals surface area contributed by atoms with Crippen LogP contribution in [-0.2, 0) is 13.6 Å². The van der Waals surface area contributed by atoms with Crippen molar-refractivity contribution in [3.8, 4) is 0 Å². The smallest absolute Gasteiger partial charge is 0.265 e. The standard InChI is InChI=1S/C15H14N4O3/c1-9-11(12-14(22-9)18-8-19(2)15(12)21)13(20)17-7-10-3-5-16-6-4-10/h3-6,8H,7H2,1-2H3,(H,17,20). The Morgan fingerprint density at radius 2 is 2.09 bits per heavy atom. The van der Waals surface area contributed by atoms with E-state index in [9.17, 15) is 9.59 Å². The number of aromatic nitrogens is 3. The molecule has 1 amide bonds. The minimum Gasteiger partial charge on any atom is -0.442 e. The topological polar surface area (TPSA) is 90.0 Å². The maximum Gasteiger partial charge on any atom is 0.265 e. The summed E-state index contributed by atoms with van der Waals surface area (Å²) in [5, 5.41) is 2.98. The monoisotopic (exact) mass is 298 g/mol. The SMILES string of the molecule is Cc1oc2ncn(C)c(=O)c2c1C(=O)NCc1ccncc1. The van der Waals surface area contributed by atoms with Gasteiger partial charge in [0.05, 0.1) is 5.56 Å². The summed E-state index contributed by atoms with van der Waals surface area (Å²) in [6.07, 6.45) is 4.67. The fraction of sp³-hybridized carbons (Fsp3) is 0.200. The molecule has 0 saturated heterocycles. The molecule has 112 valence electrons. The summed E-state index contributed by atoms with van der Waals surface area (Å²) in [7, 11) is 1.58. The number of carbonyl (C=O) groups is 1. The van der Waals surface area contributed by atoms with Crippen molar-refractivity contribution in [3.05, 3.63) is 58.1 Å². The van der Waals surface area contributed by atoms with Gasteiger partial charge < -0.3 is 14.3 Å². The molecule has 0 aromatic carbocycles. The summed E-state index contributed by atoms with van der Waals surface area (Å²) in [6.45, 7) is 1.98. The van der Waals surface area contributed by atoms with Gasteiger partial charge in [-0.2, -0.15) is 0 Å². The average molecular weight is 298 g/mol. The third-order valence-electron chi connectivity index (χ3n) is 3.38. The molecular weight excluding hydrogens is 284 g/mol. The van der Waals surface area contributed by atoms with Gasteiger partial charge in [-0.25, -0.2) is 4.98 Å². The summed E-state index contributed by atoms with van der Waals surface area (Å²) < 4.78 is 6.73. The van der Waals surface area contributed by atoms with Gasteiger partial charge in [-0.3, -0.25) is 14.6 Å². The number of rotatable bonds is 3. The third-order valence-corrected chi connectivity index (χ3v) is 3.38. The first-order valence-electron chi connectivity index (χ1n) is 6.69. The van der Waals surface area contributed by atoms with Gasteiger partial charge in [0.1, 0.15) is 17.5 Å². The first-order chi connectivity index (χ1) is 10.6. The molecule has 7 heteroatoms. The number of hydrogen-bond acceptors (Lipinski definition) is 5. The average Bonchev–Trinajstić information content (AvgIpc) is 2.87. The van der Waals surface area contributed by atoms with Crippen molar-refractivity contribution in [2.24, 2.45) is 7.05 Å². The molecule has 3 aromatic rings. The molecule has 0 spiro atoms. The minimum absolute atomic E-state index is 0.176. The summed E-state index contributed by atoms with van der Waals surface area (Å²) in [6, 6.07) is 3.61. The number of carbonyl (C=O) groups excluding carboxylic acids is 1. The van der Waals surface area contributed by atoms with Crippen LogP contribution in [0.3, 0.4) is 0 Å². The van der Waals surface area contributed by atoms with Gasteiger partial charge in [0.25, 0.3) is 11.5 Å². The van der Waals surface area contributed by atoms with Gasteiger partial charge in [0, 0.05) is 26.0 Å². The quantitative estimate of drug-likeness (QED) is 0.783. The molecule has 7 nitrogen and oxygen atoms in total. The Morgan fingerprint density at radius 3 is 2.82 bits per heavy atom. The molecule has 0 saturated carbocycles. The van der Waals surface area contributed by atoms with Crippen LogP contribution in [0.15, 0.2) is 40.1 Å². The van der Waals surface area contributed by atoms with Crippen LogP contribution in [0.5, 0.6) is 0 Å². The lowest BCUT2D eigenvalue weighted by Crippen LogP contribution is -2.25. The van der Waals surface area contributed by atoms with E-state index >= 15 is 0 Å². The molecule has 1 N–H and O–H groups in total. The van der Waals surface area contributed by atoms with Gasteiger partial charge in [0.2, 0.25) is 5.71 Å². The molecule has 0 radical (unpaired) electrons. The first kappa shape index (κ1) is 14.0. The maximum atomic E-state index is 12.4. The van der Waals surface area contributed by atoms with E-state index in [0.29, 0.717) is 12.3 Å². The van der Waals surface area contributed by atoms with Gasteiger partial charge >= 0.3 is 0 Å². The normalized spacial score (nSPS) is 10.8. The number of fused-ring (bicyclic) bond motifs is 1. The Labute approximate surface area is 125 Å². The summed E-state index contributed by atoms with van der Waals surface area (Å²) >= 11 is 0. The Hall–Kier alpha value is -2.96. The van der Waals surface area contributed by atoms with Crippen molar-refractivity contribution in [2.75, 3.05) is 0 Å². The van der Waals surface area contributed by atoms with Crippen LogP contribution in [0.1, 0.15) is 21.7 Å². The molecule has 0 aliphatic carbocycles. The second-order valence-electron chi connectivity index (χ2n) is 4.91. The second-order valence-corrected chi connectivity index (χ2v) is 4.91. The van der Waals surface area contributed by atoms with Crippen LogP contribution in [0, 0.1) is 6.92 Å². The Kier molecular flexibility index (Phi) is 3.46. The summed E-state index contributed by atoms with van der Waals surface area (Å²) in [4.78, 5) is 32.6. The predicted molar refractivity (Wildman–Crippen MR) is 79.4 cm³/mol. The fourth-order valence-corrected chi connectivity index (χ4v) is 2.23. The first-order valence-corrected chi connectivity index (χ1v) is 6.69. The van der Waals surface area contributed by atoms with Crippen molar-refractivity contribution in [3.63, 3.8) is 0 Å². The number of pyridine rings is 1. The second kappa shape index (κ2) is 5.44. The van der Waals surface area contributed by atoms with Gasteiger partial charge in [-0.15, -0.1) is 0 Å². The van der Waals surface area contributed by atoms with Crippen LogP contribution in [-0.4, -0.2) is 20.4 Å². The van der Waals surface area contributed by atoms with Crippen molar-refractivity contribution < 1.29 is 9.21 Å². The molecule has 0 fully saturated rings. The largest absolute Gasteiger partial charge is 0.442 e. The maximum absolute atomic E-state index is 12.4. The zero-order valence-corrected chi connectivity index (χ0v) is 12.2. The lowest BCUT2D eigenvalue weighted by atomic mass is 10.1. The number of furan rings is 1. The van der Waals surface area contributed by atoms with E-state index in [2.05, 4.69) is 15.3 Å². The molecule has 0 atom stereocenters. The highest BCUT2D eigenvalue weighted by molar-refractivity contribution is 6.06.